The predicted molar refractivity (Wildman–Crippen MR) is 103 cm³/mol. The minimum atomic E-state index is -3.56. The van der Waals surface area contributed by atoms with Crippen molar-refractivity contribution < 1.29 is 12.8 Å². The molecule has 6 heteroatoms. The molecule has 0 unspecified atom stereocenters. The lowest BCUT2D eigenvalue weighted by molar-refractivity contribution is 0.483. The molecule has 1 aliphatic rings. The highest BCUT2D eigenvalue weighted by molar-refractivity contribution is 7.89. The number of fused-ring (bicyclic) bond motifs is 1. The topological polar surface area (TPSA) is 59.3 Å². The number of furan rings is 1. The zero-order valence-corrected chi connectivity index (χ0v) is 16.0. The summed E-state index contributed by atoms with van der Waals surface area (Å²) in [6.07, 6.45) is 5.94. The monoisotopic (exact) mass is 387 g/mol. The van der Waals surface area contributed by atoms with Gasteiger partial charge < -0.3 is 4.42 Å². The van der Waals surface area contributed by atoms with Crippen LogP contribution in [0.2, 0.25) is 0 Å². The van der Waals surface area contributed by atoms with E-state index in [1.807, 2.05) is 41.8 Å². The van der Waals surface area contributed by atoms with Gasteiger partial charge >= 0.3 is 0 Å². The molecule has 0 amide bonds. The number of hydrogen-bond acceptors (Lipinski definition) is 4. The van der Waals surface area contributed by atoms with E-state index >= 15 is 0 Å². The van der Waals surface area contributed by atoms with Gasteiger partial charge in [0.25, 0.3) is 0 Å². The third-order valence-electron chi connectivity index (χ3n) is 4.88. The molecule has 136 valence electrons. The Labute approximate surface area is 157 Å². The van der Waals surface area contributed by atoms with Gasteiger partial charge in [-0.3, -0.25) is 0 Å². The second-order valence-corrected chi connectivity index (χ2v) is 9.32. The molecule has 0 spiro atoms. The van der Waals surface area contributed by atoms with Gasteiger partial charge in [0, 0.05) is 11.4 Å². The summed E-state index contributed by atoms with van der Waals surface area (Å²) in [5, 5.41) is 1.99. The molecule has 1 atom stereocenters. The SMILES string of the molecule is O=S(=O)(NC[C@H](c1ccco1)c1cccs1)c1ccc2c(c1)CCCC2. The van der Waals surface area contributed by atoms with Gasteiger partial charge in [-0.05, 0) is 72.5 Å². The summed E-state index contributed by atoms with van der Waals surface area (Å²) in [7, 11) is -3.56. The normalized spacial score (nSPS) is 15.5. The zero-order chi connectivity index (χ0) is 18.0. The molecule has 4 rings (SSSR count). The summed E-state index contributed by atoms with van der Waals surface area (Å²) in [6.45, 7) is 0.271. The van der Waals surface area contributed by atoms with Crippen LogP contribution in [0.1, 0.15) is 40.5 Å². The van der Waals surface area contributed by atoms with Gasteiger partial charge in [-0.2, -0.15) is 0 Å². The van der Waals surface area contributed by atoms with Crippen LogP contribution in [0.4, 0.5) is 0 Å². The summed E-state index contributed by atoms with van der Waals surface area (Å²) < 4.78 is 34.0. The number of hydrogen-bond donors (Lipinski definition) is 1. The Balaban J connectivity index is 1.55. The van der Waals surface area contributed by atoms with Crippen LogP contribution < -0.4 is 4.72 Å². The minimum absolute atomic E-state index is 0.127. The molecule has 1 N–H and O–H groups in total. The van der Waals surface area contributed by atoms with Crippen molar-refractivity contribution in [3.63, 3.8) is 0 Å². The second kappa shape index (κ2) is 7.39. The highest BCUT2D eigenvalue weighted by atomic mass is 32.2. The summed E-state index contributed by atoms with van der Waals surface area (Å²) in [6, 6.07) is 13.2. The molecular formula is C20H21NO3S2. The smallest absolute Gasteiger partial charge is 0.240 e. The first-order chi connectivity index (χ1) is 12.6. The molecule has 0 saturated heterocycles. The Bertz CT molecular complexity index is 926. The molecule has 0 saturated carbocycles. The number of rotatable bonds is 6. The standard InChI is InChI=1S/C20H21NO3S2/c22-26(23,17-10-9-15-5-1-2-6-16(15)13-17)21-14-18(19-7-3-11-24-19)20-8-4-12-25-20/h3-4,7-13,18,21H,1-2,5-6,14H2/t18-/m1/s1. The Morgan fingerprint density at radius 3 is 2.65 bits per heavy atom. The highest BCUT2D eigenvalue weighted by Gasteiger charge is 2.23. The van der Waals surface area contributed by atoms with Crippen LogP contribution in [0.25, 0.3) is 0 Å². The van der Waals surface area contributed by atoms with Crippen molar-refractivity contribution in [2.75, 3.05) is 6.54 Å². The van der Waals surface area contributed by atoms with Crippen molar-refractivity contribution in [2.45, 2.75) is 36.5 Å². The zero-order valence-electron chi connectivity index (χ0n) is 14.4. The van der Waals surface area contributed by atoms with Gasteiger partial charge in [-0.1, -0.05) is 12.1 Å². The van der Waals surface area contributed by atoms with Crippen LogP contribution in [0.3, 0.4) is 0 Å². The van der Waals surface area contributed by atoms with E-state index < -0.39 is 10.0 Å². The molecule has 1 aromatic carbocycles. The van der Waals surface area contributed by atoms with Crippen molar-refractivity contribution >= 4 is 21.4 Å². The molecule has 0 radical (unpaired) electrons. The average Bonchev–Trinajstić information content (AvgIpc) is 3.36. The molecule has 26 heavy (non-hydrogen) atoms. The fourth-order valence-corrected chi connectivity index (χ4v) is 5.41. The first-order valence-corrected chi connectivity index (χ1v) is 11.2. The number of sulfonamides is 1. The van der Waals surface area contributed by atoms with E-state index in [0.717, 1.165) is 29.9 Å². The summed E-state index contributed by atoms with van der Waals surface area (Å²) in [5.74, 6) is 0.637. The van der Waals surface area contributed by atoms with Gasteiger partial charge in [0.05, 0.1) is 17.1 Å². The van der Waals surface area contributed by atoms with Crippen LogP contribution in [-0.4, -0.2) is 15.0 Å². The first-order valence-electron chi connectivity index (χ1n) is 8.82. The Hall–Kier alpha value is -1.89. The minimum Gasteiger partial charge on any atom is -0.469 e. The van der Waals surface area contributed by atoms with Crippen LogP contribution in [-0.2, 0) is 22.9 Å². The van der Waals surface area contributed by atoms with Gasteiger partial charge in [0.1, 0.15) is 5.76 Å². The lowest BCUT2D eigenvalue weighted by atomic mass is 9.92. The van der Waals surface area contributed by atoms with Gasteiger partial charge in [-0.25, -0.2) is 13.1 Å². The van der Waals surface area contributed by atoms with Gasteiger partial charge in [0.2, 0.25) is 10.0 Å². The maximum Gasteiger partial charge on any atom is 0.240 e. The number of nitrogens with one attached hydrogen (secondary N) is 1. The average molecular weight is 388 g/mol. The third kappa shape index (κ3) is 3.63. The van der Waals surface area contributed by atoms with Crippen molar-refractivity contribution in [1.29, 1.82) is 0 Å². The molecule has 4 nitrogen and oxygen atoms in total. The van der Waals surface area contributed by atoms with E-state index in [1.165, 1.54) is 17.5 Å². The largest absolute Gasteiger partial charge is 0.469 e. The van der Waals surface area contributed by atoms with E-state index in [1.54, 1.807) is 23.7 Å². The molecule has 0 aliphatic heterocycles. The fraction of sp³-hybridized carbons (Fsp3) is 0.300. The number of aryl methyl sites for hydroxylation is 2. The molecule has 1 aliphatic carbocycles. The van der Waals surface area contributed by atoms with Crippen molar-refractivity contribution in [3.8, 4) is 0 Å². The Kier molecular flexibility index (Phi) is 4.98. The van der Waals surface area contributed by atoms with Gasteiger partial charge in [0.15, 0.2) is 0 Å². The van der Waals surface area contributed by atoms with Gasteiger partial charge in [-0.15, -0.1) is 11.3 Å². The van der Waals surface area contributed by atoms with Crippen molar-refractivity contribution in [2.24, 2.45) is 0 Å². The van der Waals surface area contributed by atoms with E-state index in [-0.39, 0.29) is 12.5 Å². The quantitative estimate of drug-likeness (QED) is 0.685. The predicted octanol–water partition coefficient (Wildman–Crippen LogP) is 4.33. The lowest BCUT2D eigenvalue weighted by Gasteiger charge is -2.18. The van der Waals surface area contributed by atoms with Crippen molar-refractivity contribution in [1.82, 2.24) is 4.72 Å². The maximum absolute atomic E-state index is 12.8. The Morgan fingerprint density at radius 2 is 1.92 bits per heavy atom. The molecular weight excluding hydrogens is 366 g/mol. The summed E-state index contributed by atoms with van der Waals surface area (Å²) >= 11 is 1.60. The maximum atomic E-state index is 12.8. The van der Waals surface area contributed by atoms with Crippen LogP contribution in [0.5, 0.6) is 0 Å². The first kappa shape index (κ1) is 17.5. The summed E-state index contributed by atoms with van der Waals surface area (Å²) in [5.41, 5.74) is 2.45. The molecule has 2 heterocycles. The number of benzene rings is 1. The fourth-order valence-electron chi connectivity index (χ4n) is 3.47. The van der Waals surface area contributed by atoms with Crippen LogP contribution in [0.15, 0.2) is 63.4 Å². The summed E-state index contributed by atoms with van der Waals surface area (Å²) in [4.78, 5) is 1.43. The molecule has 3 aromatic rings. The van der Waals surface area contributed by atoms with E-state index in [9.17, 15) is 8.42 Å². The third-order valence-corrected chi connectivity index (χ3v) is 7.29. The highest BCUT2D eigenvalue weighted by Crippen LogP contribution is 2.29. The Morgan fingerprint density at radius 1 is 1.08 bits per heavy atom. The van der Waals surface area contributed by atoms with E-state index in [4.69, 9.17) is 4.42 Å². The van der Waals surface area contributed by atoms with Crippen LogP contribution >= 0.6 is 11.3 Å². The number of thiophene rings is 1. The van der Waals surface area contributed by atoms with Crippen LogP contribution in [0, 0.1) is 0 Å². The van der Waals surface area contributed by atoms with Crippen molar-refractivity contribution in [3.05, 3.63) is 75.9 Å². The lowest BCUT2D eigenvalue weighted by Crippen LogP contribution is -2.29. The second-order valence-electron chi connectivity index (χ2n) is 6.57. The molecule has 0 fully saturated rings. The van der Waals surface area contributed by atoms with E-state index in [0.29, 0.717) is 4.90 Å². The molecule has 2 aromatic heterocycles. The van der Waals surface area contributed by atoms with E-state index in [2.05, 4.69) is 4.72 Å². The molecule has 0 bridgehead atoms.